The van der Waals surface area contributed by atoms with Crippen LogP contribution in [0.4, 0.5) is 0 Å². The summed E-state index contributed by atoms with van der Waals surface area (Å²) in [5.41, 5.74) is 0. The maximum atomic E-state index is 12.4. The fourth-order valence-electron chi connectivity index (χ4n) is 4.29. The number of aliphatic carboxylic acids is 1. The van der Waals surface area contributed by atoms with Gasteiger partial charge in [-0.15, -0.1) is 0 Å². The summed E-state index contributed by atoms with van der Waals surface area (Å²) in [6.07, 6.45) is 38.3. The van der Waals surface area contributed by atoms with Gasteiger partial charge in [-0.25, -0.2) is 0 Å². The smallest absolute Gasteiger partial charge is 0.306 e. The van der Waals surface area contributed by atoms with E-state index < -0.39 is 5.97 Å². The van der Waals surface area contributed by atoms with Crippen molar-refractivity contribution in [3.63, 3.8) is 0 Å². The van der Waals surface area contributed by atoms with Crippen LogP contribution in [-0.2, 0) is 14.3 Å². The van der Waals surface area contributed by atoms with Gasteiger partial charge in [-0.2, -0.15) is 0 Å². The highest BCUT2D eigenvalue weighted by Gasteiger charge is 2.13. The van der Waals surface area contributed by atoms with E-state index >= 15 is 0 Å². The lowest BCUT2D eigenvalue weighted by atomic mass is 10.0. The standard InChI is InChI=1S/C34H58O4/c1-3-5-7-9-11-12-13-14-15-16-18-20-24-28-32(29-25-21-19-22-26-30-33(35)36)38-34(37)31-27-23-17-10-8-6-4-2/h5,7,11-12,14-15,18,20,32H,3-4,6,8-10,13,16-17,19,21-31H2,1-2H3,(H,35,36)/b7-5-,12-11-,15-14-,20-18-. The summed E-state index contributed by atoms with van der Waals surface area (Å²) in [6, 6.07) is 0. The molecule has 1 atom stereocenters. The highest BCUT2D eigenvalue weighted by Crippen LogP contribution is 2.17. The van der Waals surface area contributed by atoms with Crippen LogP contribution in [0.1, 0.15) is 149 Å². The first-order chi connectivity index (χ1) is 18.6. The highest BCUT2D eigenvalue weighted by atomic mass is 16.5. The summed E-state index contributed by atoms with van der Waals surface area (Å²) in [6.45, 7) is 4.38. The molecule has 0 amide bonds. The third-order valence-electron chi connectivity index (χ3n) is 6.57. The Morgan fingerprint density at radius 2 is 1.11 bits per heavy atom. The predicted octanol–water partition coefficient (Wildman–Crippen LogP) is 10.4. The Balaban J connectivity index is 4.26. The molecule has 0 aliphatic carbocycles. The van der Waals surface area contributed by atoms with Gasteiger partial charge in [0.05, 0.1) is 0 Å². The molecule has 0 rings (SSSR count). The van der Waals surface area contributed by atoms with E-state index in [4.69, 9.17) is 9.84 Å². The largest absolute Gasteiger partial charge is 0.481 e. The Morgan fingerprint density at radius 1 is 0.605 bits per heavy atom. The lowest BCUT2D eigenvalue weighted by Gasteiger charge is -2.17. The molecular weight excluding hydrogens is 472 g/mol. The lowest BCUT2D eigenvalue weighted by molar-refractivity contribution is -0.150. The van der Waals surface area contributed by atoms with Gasteiger partial charge in [0.25, 0.3) is 0 Å². The van der Waals surface area contributed by atoms with E-state index in [1.165, 1.54) is 32.1 Å². The summed E-state index contributed by atoms with van der Waals surface area (Å²) in [7, 11) is 0. The van der Waals surface area contributed by atoms with E-state index in [0.29, 0.717) is 6.42 Å². The molecule has 0 aromatic carbocycles. The lowest BCUT2D eigenvalue weighted by Crippen LogP contribution is -2.18. The topological polar surface area (TPSA) is 63.6 Å². The van der Waals surface area contributed by atoms with Crippen molar-refractivity contribution in [2.75, 3.05) is 0 Å². The SMILES string of the molecule is CC/C=C\C/C=C\C/C=C\C/C=C\CCC(CCCCCCCC(=O)O)OC(=O)CCCCCCCCC. The third-order valence-corrected chi connectivity index (χ3v) is 6.57. The van der Waals surface area contributed by atoms with Crippen molar-refractivity contribution in [3.05, 3.63) is 48.6 Å². The van der Waals surface area contributed by atoms with Crippen LogP contribution in [0, 0.1) is 0 Å². The van der Waals surface area contributed by atoms with Crippen LogP contribution in [0.2, 0.25) is 0 Å². The molecular formula is C34H58O4. The van der Waals surface area contributed by atoms with Crippen LogP contribution in [0.3, 0.4) is 0 Å². The number of rotatable bonds is 27. The average Bonchev–Trinajstić information content (AvgIpc) is 2.89. The van der Waals surface area contributed by atoms with E-state index in [2.05, 4.69) is 62.5 Å². The first-order valence-electron chi connectivity index (χ1n) is 15.6. The van der Waals surface area contributed by atoms with Crippen LogP contribution in [0.15, 0.2) is 48.6 Å². The van der Waals surface area contributed by atoms with Crippen LogP contribution in [-0.4, -0.2) is 23.1 Å². The minimum atomic E-state index is -0.714. The summed E-state index contributed by atoms with van der Waals surface area (Å²) in [4.78, 5) is 23.1. The van der Waals surface area contributed by atoms with Gasteiger partial charge in [-0.1, -0.05) is 120 Å². The van der Waals surface area contributed by atoms with Crippen LogP contribution < -0.4 is 0 Å². The molecule has 38 heavy (non-hydrogen) atoms. The number of allylic oxidation sites excluding steroid dienone is 8. The van der Waals surface area contributed by atoms with Crippen LogP contribution in [0.5, 0.6) is 0 Å². The second kappa shape index (κ2) is 29.5. The Morgan fingerprint density at radius 3 is 1.68 bits per heavy atom. The van der Waals surface area contributed by atoms with Crippen molar-refractivity contribution in [1.29, 1.82) is 0 Å². The number of carbonyl (C=O) groups is 2. The van der Waals surface area contributed by atoms with E-state index in [-0.39, 0.29) is 18.5 Å². The van der Waals surface area contributed by atoms with Crippen molar-refractivity contribution in [2.45, 2.75) is 155 Å². The van der Waals surface area contributed by atoms with Gasteiger partial charge in [0.15, 0.2) is 0 Å². The summed E-state index contributed by atoms with van der Waals surface area (Å²) in [5, 5.41) is 8.75. The molecule has 0 saturated heterocycles. The van der Waals surface area contributed by atoms with Crippen molar-refractivity contribution in [1.82, 2.24) is 0 Å². The van der Waals surface area contributed by atoms with Crippen molar-refractivity contribution in [3.8, 4) is 0 Å². The van der Waals surface area contributed by atoms with E-state index in [1.807, 2.05) is 0 Å². The van der Waals surface area contributed by atoms with E-state index in [9.17, 15) is 9.59 Å². The number of carboxylic acids is 1. The summed E-state index contributed by atoms with van der Waals surface area (Å²) >= 11 is 0. The number of hydrogen-bond donors (Lipinski definition) is 1. The Kier molecular flexibility index (Phi) is 27.8. The molecule has 0 aliphatic rings. The molecule has 0 saturated carbocycles. The molecule has 0 aromatic heterocycles. The summed E-state index contributed by atoms with van der Waals surface area (Å²) in [5.74, 6) is -0.760. The minimum absolute atomic E-state index is 0.0156. The molecule has 0 aromatic rings. The normalized spacial score (nSPS) is 12.9. The Hall–Kier alpha value is -2.10. The fourth-order valence-corrected chi connectivity index (χ4v) is 4.29. The predicted molar refractivity (Wildman–Crippen MR) is 162 cm³/mol. The number of esters is 1. The van der Waals surface area contributed by atoms with Gasteiger partial charge in [-0.3, -0.25) is 9.59 Å². The number of carboxylic acid groups (broad SMARTS) is 1. The van der Waals surface area contributed by atoms with Gasteiger partial charge in [-0.05, 0) is 64.2 Å². The Bertz CT molecular complexity index is 659. The molecule has 0 heterocycles. The van der Waals surface area contributed by atoms with Gasteiger partial charge in [0.1, 0.15) is 6.10 Å². The van der Waals surface area contributed by atoms with E-state index in [1.54, 1.807) is 0 Å². The maximum Gasteiger partial charge on any atom is 0.306 e. The Labute approximate surface area is 234 Å². The molecule has 0 radical (unpaired) electrons. The van der Waals surface area contributed by atoms with Crippen LogP contribution in [0.25, 0.3) is 0 Å². The molecule has 0 bridgehead atoms. The van der Waals surface area contributed by atoms with Crippen molar-refractivity contribution < 1.29 is 19.4 Å². The molecule has 4 nitrogen and oxygen atoms in total. The number of ether oxygens (including phenoxy) is 1. The molecule has 0 fully saturated rings. The second-order valence-corrected chi connectivity index (χ2v) is 10.3. The fraction of sp³-hybridized carbons (Fsp3) is 0.706. The minimum Gasteiger partial charge on any atom is -0.481 e. The van der Waals surface area contributed by atoms with Gasteiger partial charge >= 0.3 is 11.9 Å². The zero-order chi connectivity index (χ0) is 27.9. The molecule has 218 valence electrons. The summed E-state index contributed by atoms with van der Waals surface area (Å²) < 4.78 is 5.88. The van der Waals surface area contributed by atoms with Crippen molar-refractivity contribution >= 4 is 11.9 Å². The van der Waals surface area contributed by atoms with Crippen LogP contribution >= 0.6 is 0 Å². The van der Waals surface area contributed by atoms with Crippen molar-refractivity contribution in [2.24, 2.45) is 0 Å². The monoisotopic (exact) mass is 530 g/mol. The van der Waals surface area contributed by atoms with Gasteiger partial charge in [0.2, 0.25) is 0 Å². The first-order valence-corrected chi connectivity index (χ1v) is 15.6. The number of hydrogen-bond acceptors (Lipinski definition) is 3. The van der Waals surface area contributed by atoms with Gasteiger partial charge in [0, 0.05) is 12.8 Å². The molecule has 4 heteroatoms. The highest BCUT2D eigenvalue weighted by molar-refractivity contribution is 5.69. The third kappa shape index (κ3) is 28.5. The zero-order valence-corrected chi connectivity index (χ0v) is 24.7. The quantitative estimate of drug-likeness (QED) is 0.0651. The van der Waals surface area contributed by atoms with E-state index in [0.717, 1.165) is 89.9 Å². The second-order valence-electron chi connectivity index (χ2n) is 10.3. The number of carbonyl (C=O) groups excluding carboxylic acids is 1. The molecule has 0 spiro atoms. The zero-order valence-electron chi connectivity index (χ0n) is 24.7. The average molecular weight is 531 g/mol. The maximum absolute atomic E-state index is 12.4. The molecule has 1 N–H and O–H groups in total. The number of unbranched alkanes of at least 4 members (excludes halogenated alkanes) is 10. The molecule has 1 unspecified atom stereocenters. The van der Waals surface area contributed by atoms with Gasteiger partial charge < -0.3 is 9.84 Å². The first kappa shape index (κ1) is 35.9. The molecule has 0 aliphatic heterocycles.